The van der Waals surface area contributed by atoms with Crippen LogP contribution in [-0.4, -0.2) is 5.11 Å². The fourth-order valence-corrected chi connectivity index (χ4v) is 0.806. The van der Waals surface area contributed by atoms with Crippen LogP contribution >= 0.6 is 0 Å². The molecule has 0 saturated carbocycles. The summed E-state index contributed by atoms with van der Waals surface area (Å²) in [5.74, 6) is 0.0532. The first-order valence-electron chi connectivity index (χ1n) is 2.96. The standard InChI is InChI=1S/C7H10N2O/c1-4-2-5(8)7(9)6(10)3-4/h2-3,10H,8-9H2,1H3. The molecule has 0 heterocycles. The normalized spacial score (nSPS) is 9.70. The van der Waals surface area contributed by atoms with Gasteiger partial charge in [0.2, 0.25) is 0 Å². The lowest BCUT2D eigenvalue weighted by Crippen LogP contribution is -1.94. The molecular weight excluding hydrogens is 128 g/mol. The first-order chi connectivity index (χ1) is 4.61. The summed E-state index contributed by atoms with van der Waals surface area (Å²) in [6.45, 7) is 1.84. The Balaban J connectivity index is 3.31. The molecule has 0 bridgehead atoms. The number of rotatable bonds is 0. The predicted octanol–water partition coefficient (Wildman–Crippen LogP) is 0.865. The van der Waals surface area contributed by atoms with E-state index in [2.05, 4.69) is 0 Å². The lowest BCUT2D eigenvalue weighted by Gasteiger charge is -2.02. The van der Waals surface area contributed by atoms with Crippen LogP contribution in [-0.2, 0) is 0 Å². The van der Waals surface area contributed by atoms with Gasteiger partial charge in [-0.05, 0) is 24.6 Å². The molecule has 0 saturated heterocycles. The van der Waals surface area contributed by atoms with Gasteiger partial charge in [-0.3, -0.25) is 0 Å². The molecule has 0 aliphatic carbocycles. The van der Waals surface area contributed by atoms with E-state index in [1.54, 1.807) is 12.1 Å². The van der Waals surface area contributed by atoms with Gasteiger partial charge >= 0.3 is 0 Å². The molecular formula is C7H10N2O. The van der Waals surface area contributed by atoms with E-state index in [0.29, 0.717) is 5.69 Å². The third-order valence-corrected chi connectivity index (χ3v) is 1.33. The number of nitrogens with two attached hydrogens (primary N) is 2. The molecule has 1 rings (SSSR count). The van der Waals surface area contributed by atoms with Gasteiger partial charge < -0.3 is 16.6 Å². The number of hydrogen-bond donors (Lipinski definition) is 3. The second-order valence-corrected chi connectivity index (χ2v) is 2.29. The van der Waals surface area contributed by atoms with Gasteiger partial charge in [-0.2, -0.15) is 0 Å². The Morgan fingerprint density at radius 2 is 1.90 bits per heavy atom. The Morgan fingerprint density at radius 1 is 1.30 bits per heavy atom. The summed E-state index contributed by atoms with van der Waals surface area (Å²) in [6, 6.07) is 3.29. The lowest BCUT2D eigenvalue weighted by atomic mass is 10.2. The second-order valence-electron chi connectivity index (χ2n) is 2.29. The van der Waals surface area contributed by atoms with Crippen molar-refractivity contribution in [2.75, 3.05) is 11.5 Å². The van der Waals surface area contributed by atoms with E-state index in [0.717, 1.165) is 5.56 Å². The number of phenolic OH excluding ortho intramolecular Hbond substituents is 1. The van der Waals surface area contributed by atoms with Crippen LogP contribution < -0.4 is 11.5 Å². The molecule has 5 N–H and O–H groups in total. The summed E-state index contributed by atoms with van der Waals surface area (Å²) in [5.41, 5.74) is 12.4. The van der Waals surface area contributed by atoms with E-state index < -0.39 is 0 Å². The molecule has 0 amide bonds. The highest BCUT2D eigenvalue weighted by molar-refractivity contribution is 5.71. The van der Waals surface area contributed by atoms with Crippen molar-refractivity contribution in [3.8, 4) is 5.75 Å². The number of anilines is 2. The molecule has 0 fully saturated rings. The van der Waals surface area contributed by atoms with Crippen molar-refractivity contribution in [1.82, 2.24) is 0 Å². The van der Waals surface area contributed by atoms with Crippen LogP contribution in [0.3, 0.4) is 0 Å². The second kappa shape index (κ2) is 2.10. The third-order valence-electron chi connectivity index (χ3n) is 1.33. The van der Waals surface area contributed by atoms with Crippen molar-refractivity contribution in [1.29, 1.82) is 0 Å². The topological polar surface area (TPSA) is 72.3 Å². The molecule has 0 aliphatic heterocycles. The van der Waals surface area contributed by atoms with Gasteiger partial charge in [-0.1, -0.05) is 0 Å². The number of phenols is 1. The summed E-state index contributed by atoms with van der Waals surface area (Å²) in [4.78, 5) is 0. The van der Waals surface area contributed by atoms with Gasteiger partial charge in [-0.25, -0.2) is 0 Å². The van der Waals surface area contributed by atoms with E-state index in [-0.39, 0.29) is 11.4 Å². The maximum atomic E-state index is 9.08. The zero-order valence-electron chi connectivity index (χ0n) is 5.76. The smallest absolute Gasteiger partial charge is 0.140 e. The summed E-state index contributed by atoms with van der Waals surface area (Å²) in [6.07, 6.45) is 0. The minimum absolute atomic E-state index is 0.0532. The van der Waals surface area contributed by atoms with E-state index >= 15 is 0 Å². The fraction of sp³-hybridized carbons (Fsp3) is 0.143. The zero-order valence-corrected chi connectivity index (χ0v) is 5.76. The molecule has 1 aromatic rings. The van der Waals surface area contributed by atoms with Crippen molar-refractivity contribution in [3.63, 3.8) is 0 Å². The Labute approximate surface area is 59.3 Å². The van der Waals surface area contributed by atoms with Crippen molar-refractivity contribution >= 4 is 11.4 Å². The number of benzene rings is 1. The predicted molar refractivity (Wildman–Crippen MR) is 41.7 cm³/mol. The number of nitrogen functional groups attached to an aromatic ring is 2. The largest absolute Gasteiger partial charge is 0.506 e. The Morgan fingerprint density at radius 3 is 2.40 bits per heavy atom. The van der Waals surface area contributed by atoms with Crippen LogP contribution in [0.25, 0.3) is 0 Å². The van der Waals surface area contributed by atoms with Crippen LogP contribution in [0.1, 0.15) is 5.56 Å². The Kier molecular flexibility index (Phi) is 1.41. The minimum Gasteiger partial charge on any atom is -0.506 e. The lowest BCUT2D eigenvalue weighted by molar-refractivity contribution is 0.478. The molecule has 0 unspecified atom stereocenters. The van der Waals surface area contributed by atoms with Crippen LogP contribution in [0.15, 0.2) is 12.1 Å². The van der Waals surface area contributed by atoms with Crippen molar-refractivity contribution in [3.05, 3.63) is 17.7 Å². The molecule has 0 aliphatic rings. The highest BCUT2D eigenvalue weighted by Gasteiger charge is 2.00. The van der Waals surface area contributed by atoms with Crippen molar-refractivity contribution in [2.45, 2.75) is 6.92 Å². The van der Waals surface area contributed by atoms with Crippen LogP contribution in [0.2, 0.25) is 0 Å². The highest BCUT2D eigenvalue weighted by Crippen LogP contribution is 2.27. The van der Waals surface area contributed by atoms with Gasteiger partial charge in [0.25, 0.3) is 0 Å². The maximum Gasteiger partial charge on any atom is 0.140 e. The Hall–Kier alpha value is -1.38. The number of aryl methyl sites for hydroxylation is 1. The highest BCUT2D eigenvalue weighted by atomic mass is 16.3. The molecule has 0 atom stereocenters. The summed E-state index contributed by atoms with van der Waals surface area (Å²) in [7, 11) is 0. The molecule has 0 aromatic heterocycles. The van der Waals surface area contributed by atoms with E-state index in [1.807, 2.05) is 6.92 Å². The minimum atomic E-state index is 0.0532. The van der Waals surface area contributed by atoms with E-state index in [1.165, 1.54) is 0 Å². The third kappa shape index (κ3) is 0.978. The molecule has 3 heteroatoms. The van der Waals surface area contributed by atoms with Crippen LogP contribution in [0.4, 0.5) is 11.4 Å². The Bertz CT molecular complexity index is 235. The number of hydrogen-bond acceptors (Lipinski definition) is 3. The molecule has 0 spiro atoms. The van der Waals surface area contributed by atoms with Gasteiger partial charge in [0.05, 0.1) is 11.4 Å². The van der Waals surface area contributed by atoms with Gasteiger partial charge in [-0.15, -0.1) is 0 Å². The monoisotopic (exact) mass is 138 g/mol. The van der Waals surface area contributed by atoms with Gasteiger partial charge in [0.1, 0.15) is 5.75 Å². The SMILES string of the molecule is Cc1cc(N)c(N)c(O)c1. The van der Waals surface area contributed by atoms with Crippen LogP contribution in [0, 0.1) is 6.92 Å². The maximum absolute atomic E-state index is 9.08. The first-order valence-corrected chi connectivity index (χ1v) is 2.96. The van der Waals surface area contributed by atoms with Gasteiger partial charge in [0.15, 0.2) is 0 Å². The van der Waals surface area contributed by atoms with Gasteiger partial charge in [0, 0.05) is 0 Å². The molecule has 0 radical (unpaired) electrons. The summed E-state index contributed by atoms with van der Waals surface area (Å²) >= 11 is 0. The first kappa shape index (κ1) is 6.74. The molecule has 10 heavy (non-hydrogen) atoms. The molecule has 1 aromatic carbocycles. The summed E-state index contributed by atoms with van der Waals surface area (Å²) in [5, 5.41) is 9.08. The fourth-order valence-electron chi connectivity index (χ4n) is 0.806. The van der Waals surface area contributed by atoms with Crippen molar-refractivity contribution in [2.24, 2.45) is 0 Å². The van der Waals surface area contributed by atoms with Crippen molar-refractivity contribution < 1.29 is 5.11 Å². The quantitative estimate of drug-likeness (QED) is 0.368. The average Bonchev–Trinajstić information content (AvgIpc) is 1.82. The van der Waals surface area contributed by atoms with E-state index in [4.69, 9.17) is 16.6 Å². The van der Waals surface area contributed by atoms with E-state index in [9.17, 15) is 0 Å². The zero-order chi connectivity index (χ0) is 7.72. The molecule has 3 nitrogen and oxygen atoms in total. The number of aromatic hydroxyl groups is 1. The average molecular weight is 138 g/mol. The molecule has 54 valence electrons. The van der Waals surface area contributed by atoms with Crippen LogP contribution in [0.5, 0.6) is 5.75 Å². The summed E-state index contributed by atoms with van der Waals surface area (Å²) < 4.78 is 0.